The van der Waals surface area contributed by atoms with Gasteiger partial charge in [0.1, 0.15) is 5.75 Å². The number of anilines is 1. The van der Waals surface area contributed by atoms with Gasteiger partial charge >= 0.3 is 0 Å². The standard InChI is InChI=1S/C16H15BrN2O2/c1-21-15-7-13(4-5-14(15)17)19-16(20)10-2-3-11-8-18-9-12(11)6-10/h2-7,18H,8-9H2,1H3,(H,19,20). The Bertz CT molecular complexity index is 701. The first-order chi connectivity index (χ1) is 10.2. The lowest BCUT2D eigenvalue weighted by molar-refractivity contribution is 0.102. The first-order valence-electron chi connectivity index (χ1n) is 6.65. The Hall–Kier alpha value is -1.85. The number of halogens is 1. The van der Waals surface area contributed by atoms with Crippen molar-refractivity contribution in [2.75, 3.05) is 12.4 Å². The third kappa shape index (κ3) is 2.94. The van der Waals surface area contributed by atoms with Crippen LogP contribution >= 0.6 is 15.9 Å². The van der Waals surface area contributed by atoms with E-state index in [9.17, 15) is 4.79 Å². The van der Waals surface area contributed by atoms with Gasteiger partial charge in [-0.05, 0) is 51.3 Å². The zero-order chi connectivity index (χ0) is 14.8. The number of rotatable bonds is 3. The number of carbonyl (C=O) groups is 1. The smallest absolute Gasteiger partial charge is 0.255 e. The molecule has 0 aromatic heterocycles. The molecule has 2 N–H and O–H groups in total. The van der Waals surface area contributed by atoms with Gasteiger partial charge in [0.25, 0.3) is 5.91 Å². The monoisotopic (exact) mass is 346 g/mol. The fourth-order valence-electron chi connectivity index (χ4n) is 2.38. The number of hydrogen-bond acceptors (Lipinski definition) is 3. The minimum atomic E-state index is -0.117. The van der Waals surface area contributed by atoms with Gasteiger partial charge < -0.3 is 15.4 Å². The maximum Gasteiger partial charge on any atom is 0.255 e. The summed E-state index contributed by atoms with van der Waals surface area (Å²) in [7, 11) is 1.60. The van der Waals surface area contributed by atoms with Gasteiger partial charge in [0.05, 0.1) is 11.6 Å². The van der Waals surface area contributed by atoms with E-state index in [2.05, 4.69) is 26.6 Å². The normalized spacial score (nSPS) is 12.9. The molecule has 5 heteroatoms. The molecular formula is C16H15BrN2O2. The number of amides is 1. The molecule has 3 rings (SSSR count). The molecule has 0 radical (unpaired) electrons. The number of ether oxygens (including phenoxy) is 1. The Balaban J connectivity index is 1.80. The highest BCUT2D eigenvalue weighted by Gasteiger charge is 2.14. The molecule has 1 heterocycles. The topological polar surface area (TPSA) is 50.4 Å². The molecule has 0 spiro atoms. The van der Waals surface area contributed by atoms with Crippen LogP contribution in [0.4, 0.5) is 5.69 Å². The third-order valence-corrected chi connectivity index (χ3v) is 4.16. The van der Waals surface area contributed by atoms with E-state index in [-0.39, 0.29) is 5.91 Å². The minimum Gasteiger partial charge on any atom is -0.495 e. The maximum atomic E-state index is 12.3. The van der Waals surface area contributed by atoms with Crippen LogP contribution in [-0.4, -0.2) is 13.0 Å². The first kappa shape index (κ1) is 14.1. The summed E-state index contributed by atoms with van der Waals surface area (Å²) in [5.74, 6) is 0.569. The zero-order valence-corrected chi connectivity index (χ0v) is 13.2. The third-order valence-electron chi connectivity index (χ3n) is 3.51. The van der Waals surface area contributed by atoms with E-state index in [1.54, 1.807) is 13.2 Å². The number of nitrogens with one attached hydrogen (secondary N) is 2. The molecule has 1 aliphatic rings. The van der Waals surface area contributed by atoms with Gasteiger partial charge in [0.15, 0.2) is 0 Å². The lowest BCUT2D eigenvalue weighted by atomic mass is 10.1. The predicted octanol–water partition coefficient (Wildman–Crippen LogP) is 3.31. The molecule has 0 unspecified atom stereocenters. The lowest BCUT2D eigenvalue weighted by Crippen LogP contribution is -2.12. The first-order valence-corrected chi connectivity index (χ1v) is 7.44. The molecule has 0 saturated carbocycles. The SMILES string of the molecule is COc1cc(NC(=O)c2ccc3c(c2)CNC3)ccc1Br. The van der Waals surface area contributed by atoms with E-state index in [1.807, 2.05) is 30.3 Å². The molecule has 1 amide bonds. The summed E-state index contributed by atoms with van der Waals surface area (Å²) in [5.41, 5.74) is 3.82. The number of methoxy groups -OCH3 is 1. The van der Waals surface area contributed by atoms with Crippen molar-refractivity contribution in [1.29, 1.82) is 0 Å². The van der Waals surface area contributed by atoms with E-state index in [1.165, 1.54) is 11.1 Å². The number of carbonyl (C=O) groups excluding carboxylic acids is 1. The van der Waals surface area contributed by atoms with Gasteiger partial charge in [0.2, 0.25) is 0 Å². The molecule has 2 aromatic carbocycles. The van der Waals surface area contributed by atoms with Crippen molar-refractivity contribution in [3.05, 3.63) is 57.6 Å². The second-order valence-electron chi connectivity index (χ2n) is 4.89. The molecule has 21 heavy (non-hydrogen) atoms. The summed E-state index contributed by atoms with van der Waals surface area (Å²) in [6, 6.07) is 11.3. The van der Waals surface area contributed by atoms with Crippen LogP contribution in [0.1, 0.15) is 21.5 Å². The highest BCUT2D eigenvalue weighted by molar-refractivity contribution is 9.10. The van der Waals surface area contributed by atoms with Crippen LogP contribution < -0.4 is 15.4 Å². The average Bonchev–Trinajstić information content (AvgIpc) is 2.96. The molecular weight excluding hydrogens is 332 g/mol. The van der Waals surface area contributed by atoms with Gasteiger partial charge in [0, 0.05) is 30.4 Å². The molecule has 4 nitrogen and oxygen atoms in total. The summed E-state index contributed by atoms with van der Waals surface area (Å²) in [6.45, 7) is 1.70. The van der Waals surface area contributed by atoms with Crippen molar-refractivity contribution in [2.45, 2.75) is 13.1 Å². The maximum absolute atomic E-state index is 12.3. The van der Waals surface area contributed by atoms with E-state index in [0.29, 0.717) is 17.0 Å². The van der Waals surface area contributed by atoms with Crippen LogP contribution in [-0.2, 0) is 13.1 Å². The van der Waals surface area contributed by atoms with E-state index in [4.69, 9.17) is 4.74 Å². The highest BCUT2D eigenvalue weighted by atomic mass is 79.9. The van der Waals surface area contributed by atoms with Crippen molar-refractivity contribution >= 4 is 27.5 Å². The van der Waals surface area contributed by atoms with Crippen LogP contribution in [0.25, 0.3) is 0 Å². The Morgan fingerprint density at radius 3 is 2.81 bits per heavy atom. The van der Waals surface area contributed by atoms with Crippen LogP contribution in [0.15, 0.2) is 40.9 Å². The Kier molecular flexibility index (Phi) is 3.94. The Morgan fingerprint density at radius 1 is 1.19 bits per heavy atom. The fourth-order valence-corrected chi connectivity index (χ4v) is 2.79. The summed E-state index contributed by atoms with van der Waals surface area (Å²) in [4.78, 5) is 12.3. The van der Waals surface area contributed by atoms with Crippen molar-refractivity contribution in [3.63, 3.8) is 0 Å². The molecule has 0 atom stereocenters. The predicted molar refractivity (Wildman–Crippen MR) is 85.6 cm³/mol. The molecule has 0 fully saturated rings. The van der Waals surface area contributed by atoms with Gasteiger partial charge in [-0.15, -0.1) is 0 Å². The van der Waals surface area contributed by atoms with Gasteiger partial charge in [-0.25, -0.2) is 0 Å². The van der Waals surface area contributed by atoms with Gasteiger partial charge in [-0.2, -0.15) is 0 Å². The van der Waals surface area contributed by atoms with Crippen molar-refractivity contribution < 1.29 is 9.53 Å². The zero-order valence-electron chi connectivity index (χ0n) is 11.6. The van der Waals surface area contributed by atoms with E-state index in [0.717, 1.165) is 17.6 Å². The molecule has 0 bridgehead atoms. The second-order valence-corrected chi connectivity index (χ2v) is 5.74. The number of hydrogen-bond donors (Lipinski definition) is 2. The highest BCUT2D eigenvalue weighted by Crippen LogP contribution is 2.28. The van der Waals surface area contributed by atoms with E-state index < -0.39 is 0 Å². The molecule has 0 aliphatic carbocycles. The average molecular weight is 347 g/mol. The van der Waals surface area contributed by atoms with Crippen LogP contribution in [0.5, 0.6) is 5.75 Å². The summed E-state index contributed by atoms with van der Waals surface area (Å²) in [5, 5.41) is 6.16. The van der Waals surface area contributed by atoms with Crippen molar-refractivity contribution in [3.8, 4) is 5.75 Å². The molecule has 108 valence electrons. The fraction of sp³-hybridized carbons (Fsp3) is 0.188. The summed E-state index contributed by atoms with van der Waals surface area (Å²) < 4.78 is 6.08. The van der Waals surface area contributed by atoms with Gasteiger partial charge in [-0.1, -0.05) is 6.07 Å². The summed E-state index contributed by atoms with van der Waals surface area (Å²) in [6.07, 6.45) is 0. The molecule has 0 saturated heterocycles. The van der Waals surface area contributed by atoms with Crippen molar-refractivity contribution in [2.24, 2.45) is 0 Å². The molecule has 2 aromatic rings. The lowest BCUT2D eigenvalue weighted by Gasteiger charge is -2.09. The number of fused-ring (bicyclic) bond motifs is 1. The minimum absolute atomic E-state index is 0.117. The molecule has 1 aliphatic heterocycles. The van der Waals surface area contributed by atoms with Gasteiger partial charge in [-0.3, -0.25) is 4.79 Å². The van der Waals surface area contributed by atoms with Crippen LogP contribution in [0, 0.1) is 0 Å². The number of benzene rings is 2. The Morgan fingerprint density at radius 2 is 2.00 bits per heavy atom. The van der Waals surface area contributed by atoms with E-state index >= 15 is 0 Å². The largest absolute Gasteiger partial charge is 0.495 e. The van der Waals surface area contributed by atoms with Crippen LogP contribution in [0.3, 0.4) is 0 Å². The Labute approximate surface area is 131 Å². The van der Waals surface area contributed by atoms with Crippen LogP contribution in [0.2, 0.25) is 0 Å². The van der Waals surface area contributed by atoms with Crippen molar-refractivity contribution in [1.82, 2.24) is 5.32 Å². The second kappa shape index (κ2) is 5.87. The quantitative estimate of drug-likeness (QED) is 0.896. The summed E-state index contributed by atoms with van der Waals surface area (Å²) >= 11 is 3.39.